The molecule has 0 saturated heterocycles. The van der Waals surface area contributed by atoms with Gasteiger partial charge in [-0.15, -0.1) is 0 Å². The maximum absolute atomic E-state index is 12.7. The van der Waals surface area contributed by atoms with E-state index in [4.69, 9.17) is 9.05 Å². The van der Waals surface area contributed by atoms with Crippen LogP contribution < -0.4 is 5.32 Å². The average molecular weight is 726 g/mol. The number of quaternary nitrogens is 1. The average Bonchev–Trinajstić information content (AvgIpc) is 3.06. The van der Waals surface area contributed by atoms with Gasteiger partial charge in [0.15, 0.2) is 0 Å². The van der Waals surface area contributed by atoms with Crippen LogP contribution in [0.5, 0.6) is 0 Å². The monoisotopic (exact) mass is 726 g/mol. The van der Waals surface area contributed by atoms with Gasteiger partial charge in [-0.05, 0) is 64.2 Å². The Labute approximate surface area is 308 Å². The van der Waals surface area contributed by atoms with Crippen LogP contribution in [0.15, 0.2) is 48.6 Å². The molecule has 0 bridgehead atoms. The first kappa shape index (κ1) is 48.5. The third-order valence-electron chi connectivity index (χ3n) is 8.50. The first-order chi connectivity index (χ1) is 24.0. The lowest BCUT2D eigenvalue weighted by molar-refractivity contribution is -0.870. The SMILES string of the molecule is CCCCCC/C=C\CCCC(=O)NC(COP(=O)(O)OCC[N+](C)(C)C)C(O)/C=C/CC/C=C/CC/C=C/CCCCCCCCCCC. The van der Waals surface area contributed by atoms with Gasteiger partial charge in [0, 0.05) is 6.42 Å². The van der Waals surface area contributed by atoms with Gasteiger partial charge in [-0.1, -0.05) is 133 Å². The standard InChI is InChI=1S/C41H77N2O6P/c1-6-8-10-12-14-16-17-18-19-20-21-22-23-24-25-27-28-30-32-34-40(44)39(38-49-50(46,47)48-37-36-43(3,4)5)42-41(45)35-33-31-29-26-15-13-11-9-7-2/h21-22,25-27,29,32,34,39-40,44H,6-20,23-24,28,30-31,33,35-38H2,1-5H3,(H-,42,45,46,47)/p+1/b22-21+,27-25+,29-26-,34-32+. The zero-order chi connectivity index (χ0) is 37.2. The number of unbranched alkanes of at least 4 members (excludes halogenated alkanes) is 16. The fraction of sp³-hybridized carbons (Fsp3) is 0.780. The largest absolute Gasteiger partial charge is 0.472 e. The Kier molecular flexibility index (Phi) is 32.3. The first-order valence-electron chi connectivity index (χ1n) is 20.0. The van der Waals surface area contributed by atoms with Crippen molar-refractivity contribution in [2.45, 2.75) is 167 Å². The summed E-state index contributed by atoms with van der Waals surface area (Å²) < 4.78 is 23.4. The zero-order valence-electron chi connectivity index (χ0n) is 32.9. The maximum atomic E-state index is 12.7. The highest BCUT2D eigenvalue weighted by Crippen LogP contribution is 2.43. The van der Waals surface area contributed by atoms with Crippen molar-refractivity contribution < 1.29 is 32.9 Å². The van der Waals surface area contributed by atoms with E-state index in [0.717, 1.165) is 38.5 Å². The summed E-state index contributed by atoms with van der Waals surface area (Å²) in [7, 11) is 1.52. The summed E-state index contributed by atoms with van der Waals surface area (Å²) in [6, 6.07) is -0.881. The summed E-state index contributed by atoms with van der Waals surface area (Å²) in [5.74, 6) is -0.230. The number of allylic oxidation sites excluding steroid dienone is 7. The van der Waals surface area contributed by atoms with Crippen molar-refractivity contribution in [1.29, 1.82) is 0 Å². The van der Waals surface area contributed by atoms with Gasteiger partial charge < -0.3 is 19.8 Å². The van der Waals surface area contributed by atoms with Crippen LogP contribution in [-0.2, 0) is 18.4 Å². The molecule has 0 aliphatic carbocycles. The number of aliphatic hydroxyl groups excluding tert-OH is 1. The third-order valence-corrected chi connectivity index (χ3v) is 9.48. The highest BCUT2D eigenvalue weighted by molar-refractivity contribution is 7.47. The van der Waals surface area contributed by atoms with Crippen LogP contribution in [0.1, 0.15) is 155 Å². The normalized spacial score (nSPS) is 15.1. The molecule has 0 fully saturated rings. The van der Waals surface area contributed by atoms with Gasteiger partial charge in [0.2, 0.25) is 5.91 Å². The Bertz CT molecular complexity index is 959. The molecule has 3 N–H and O–H groups in total. The maximum Gasteiger partial charge on any atom is 0.472 e. The number of aliphatic hydroxyl groups is 1. The van der Waals surface area contributed by atoms with Crippen molar-refractivity contribution in [3.63, 3.8) is 0 Å². The smallest absolute Gasteiger partial charge is 0.387 e. The molecule has 9 heteroatoms. The predicted octanol–water partition coefficient (Wildman–Crippen LogP) is 10.5. The molecule has 0 rings (SSSR count). The van der Waals surface area contributed by atoms with Gasteiger partial charge in [-0.3, -0.25) is 13.8 Å². The molecule has 3 unspecified atom stereocenters. The van der Waals surface area contributed by atoms with E-state index in [2.05, 4.69) is 55.6 Å². The summed E-state index contributed by atoms with van der Waals surface area (Å²) in [5, 5.41) is 13.7. The molecule has 0 aliphatic rings. The van der Waals surface area contributed by atoms with Gasteiger partial charge >= 0.3 is 7.82 Å². The third kappa shape index (κ3) is 34.9. The van der Waals surface area contributed by atoms with Gasteiger partial charge in [-0.2, -0.15) is 0 Å². The lowest BCUT2D eigenvalue weighted by Gasteiger charge is -2.25. The van der Waals surface area contributed by atoms with E-state index in [1.807, 2.05) is 27.2 Å². The molecule has 292 valence electrons. The number of rotatable bonds is 35. The lowest BCUT2D eigenvalue weighted by Crippen LogP contribution is -2.45. The molecule has 8 nitrogen and oxygen atoms in total. The van der Waals surface area contributed by atoms with E-state index in [1.54, 1.807) is 6.08 Å². The molecule has 0 spiro atoms. The second-order valence-electron chi connectivity index (χ2n) is 14.6. The molecule has 50 heavy (non-hydrogen) atoms. The lowest BCUT2D eigenvalue weighted by atomic mass is 10.1. The number of likely N-dealkylation sites (N-methyl/N-ethyl adjacent to an activating group) is 1. The molecule has 0 aromatic carbocycles. The van der Waals surface area contributed by atoms with Gasteiger partial charge in [0.25, 0.3) is 0 Å². The second-order valence-corrected chi connectivity index (χ2v) is 16.1. The van der Waals surface area contributed by atoms with Crippen molar-refractivity contribution in [2.75, 3.05) is 40.9 Å². The molecule has 0 heterocycles. The highest BCUT2D eigenvalue weighted by atomic mass is 31.2. The minimum atomic E-state index is -4.35. The number of hydrogen-bond acceptors (Lipinski definition) is 5. The minimum Gasteiger partial charge on any atom is -0.387 e. The van der Waals surface area contributed by atoms with Crippen LogP contribution in [-0.4, -0.2) is 73.4 Å². The van der Waals surface area contributed by atoms with E-state index in [9.17, 15) is 19.4 Å². The fourth-order valence-corrected chi connectivity index (χ4v) is 5.99. The summed E-state index contributed by atoms with van der Waals surface area (Å²) in [6.45, 7) is 4.69. The number of nitrogens with zero attached hydrogens (tertiary/aromatic N) is 1. The molecule has 1 amide bonds. The fourth-order valence-electron chi connectivity index (χ4n) is 5.25. The van der Waals surface area contributed by atoms with E-state index >= 15 is 0 Å². The number of carbonyl (C=O) groups is 1. The topological polar surface area (TPSA) is 105 Å². The molecule has 0 aromatic rings. The quantitative estimate of drug-likeness (QED) is 0.0260. The summed E-state index contributed by atoms with van der Waals surface area (Å²) in [6.07, 6.45) is 40.6. The molecular weight excluding hydrogens is 647 g/mol. The van der Waals surface area contributed by atoms with E-state index in [-0.39, 0.29) is 19.1 Å². The molecule has 0 aliphatic heterocycles. The Morgan fingerprint density at radius 2 is 1.10 bits per heavy atom. The van der Waals surface area contributed by atoms with E-state index in [1.165, 1.54) is 89.9 Å². The second kappa shape index (κ2) is 33.3. The van der Waals surface area contributed by atoms with Crippen molar-refractivity contribution in [3.8, 4) is 0 Å². The Morgan fingerprint density at radius 1 is 0.660 bits per heavy atom. The van der Waals surface area contributed by atoms with Crippen LogP contribution in [0.4, 0.5) is 0 Å². The minimum absolute atomic E-state index is 0.0477. The molecule has 0 aromatic heterocycles. The Balaban J connectivity index is 4.56. The molecule has 3 atom stereocenters. The number of carbonyl (C=O) groups excluding carboxylic acids is 1. The van der Waals surface area contributed by atoms with Crippen molar-refractivity contribution >= 4 is 13.7 Å². The zero-order valence-corrected chi connectivity index (χ0v) is 33.8. The Hall–Kier alpha value is -1.54. The Morgan fingerprint density at radius 3 is 1.62 bits per heavy atom. The van der Waals surface area contributed by atoms with E-state index in [0.29, 0.717) is 23.9 Å². The van der Waals surface area contributed by atoms with Crippen LogP contribution in [0.3, 0.4) is 0 Å². The van der Waals surface area contributed by atoms with Crippen LogP contribution in [0.2, 0.25) is 0 Å². The van der Waals surface area contributed by atoms with Gasteiger partial charge in [0.1, 0.15) is 13.2 Å². The number of phosphoric acid groups is 1. The molecule has 0 radical (unpaired) electrons. The molecular formula is C41H78N2O6P+. The predicted molar refractivity (Wildman–Crippen MR) is 212 cm³/mol. The number of amides is 1. The highest BCUT2D eigenvalue weighted by Gasteiger charge is 2.27. The van der Waals surface area contributed by atoms with Crippen molar-refractivity contribution in [3.05, 3.63) is 48.6 Å². The van der Waals surface area contributed by atoms with Gasteiger partial charge in [-0.25, -0.2) is 4.57 Å². The van der Waals surface area contributed by atoms with Gasteiger partial charge in [0.05, 0.1) is 39.9 Å². The number of nitrogens with one attached hydrogen (secondary N) is 1. The van der Waals surface area contributed by atoms with E-state index < -0.39 is 20.0 Å². The van der Waals surface area contributed by atoms with Crippen molar-refractivity contribution in [1.82, 2.24) is 5.32 Å². The molecule has 0 saturated carbocycles. The summed E-state index contributed by atoms with van der Waals surface area (Å²) >= 11 is 0. The first-order valence-corrected chi connectivity index (χ1v) is 21.5. The van der Waals surface area contributed by atoms with Crippen LogP contribution >= 0.6 is 7.82 Å². The van der Waals surface area contributed by atoms with Crippen molar-refractivity contribution in [2.24, 2.45) is 0 Å². The summed E-state index contributed by atoms with van der Waals surface area (Å²) in [5.41, 5.74) is 0. The summed E-state index contributed by atoms with van der Waals surface area (Å²) in [4.78, 5) is 22.9. The number of phosphoric ester groups is 1. The van der Waals surface area contributed by atoms with Crippen LogP contribution in [0.25, 0.3) is 0 Å². The number of hydrogen-bond donors (Lipinski definition) is 3. The van der Waals surface area contributed by atoms with Crippen LogP contribution in [0, 0.1) is 0 Å².